The van der Waals surface area contributed by atoms with Crippen molar-refractivity contribution in [2.75, 3.05) is 26.2 Å². The average Bonchev–Trinajstić information content (AvgIpc) is 2.46. The molecule has 5 heteroatoms. The summed E-state index contributed by atoms with van der Waals surface area (Å²) in [5.74, 6) is -0.0758. The summed E-state index contributed by atoms with van der Waals surface area (Å²) in [4.78, 5) is 16.1. The monoisotopic (exact) mass is 293 g/mol. The number of piperazine rings is 1. The topological polar surface area (TPSA) is 49.6 Å². The second-order valence-electron chi connectivity index (χ2n) is 5.83. The number of halogens is 1. The number of nitrogens with two attached hydrogens (primary N) is 1. The van der Waals surface area contributed by atoms with Crippen molar-refractivity contribution in [3.05, 3.63) is 35.6 Å². The molecule has 2 N–H and O–H groups in total. The van der Waals surface area contributed by atoms with E-state index in [-0.39, 0.29) is 23.8 Å². The Kier molecular flexibility index (Phi) is 5.31. The van der Waals surface area contributed by atoms with Crippen LogP contribution in [-0.4, -0.2) is 47.9 Å². The van der Waals surface area contributed by atoms with Crippen molar-refractivity contribution in [1.82, 2.24) is 9.80 Å². The lowest BCUT2D eigenvalue weighted by molar-refractivity contribution is -0.133. The summed E-state index contributed by atoms with van der Waals surface area (Å²) in [6.45, 7) is 6.97. The van der Waals surface area contributed by atoms with Gasteiger partial charge in [-0.2, -0.15) is 0 Å². The molecule has 1 aliphatic rings. The van der Waals surface area contributed by atoms with Gasteiger partial charge in [0.15, 0.2) is 0 Å². The highest BCUT2D eigenvalue weighted by Gasteiger charge is 2.25. The van der Waals surface area contributed by atoms with E-state index in [9.17, 15) is 9.18 Å². The number of hydrogen-bond donors (Lipinski definition) is 1. The molecule has 0 saturated carbocycles. The van der Waals surface area contributed by atoms with Crippen LogP contribution in [0.15, 0.2) is 24.3 Å². The molecule has 1 aliphatic heterocycles. The average molecular weight is 293 g/mol. The Hall–Kier alpha value is -1.46. The second-order valence-corrected chi connectivity index (χ2v) is 5.83. The smallest absolute Gasteiger partial charge is 0.224 e. The van der Waals surface area contributed by atoms with Gasteiger partial charge in [-0.1, -0.05) is 12.1 Å². The molecule has 0 spiro atoms. The van der Waals surface area contributed by atoms with Gasteiger partial charge in [-0.05, 0) is 31.5 Å². The Morgan fingerprint density at radius 2 is 1.95 bits per heavy atom. The van der Waals surface area contributed by atoms with Gasteiger partial charge < -0.3 is 10.6 Å². The predicted molar refractivity (Wildman–Crippen MR) is 81.2 cm³/mol. The number of nitrogens with zero attached hydrogens (tertiary/aromatic N) is 2. The van der Waals surface area contributed by atoms with Crippen LogP contribution in [0.25, 0.3) is 0 Å². The third kappa shape index (κ3) is 4.25. The number of carbonyl (C=O) groups excluding carboxylic acids is 1. The summed E-state index contributed by atoms with van der Waals surface area (Å²) in [6, 6.07) is 6.79. The fourth-order valence-corrected chi connectivity index (χ4v) is 2.74. The summed E-state index contributed by atoms with van der Waals surface area (Å²) < 4.78 is 13.3. The fraction of sp³-hybridized carbons (Fsp3) is 0.562. The van der Waals surface area contributed by atoms with Gasteiger partial charge in [-0.15, -0.1) is 0 Å². The lowest BCUT2D eigenvalue weighted by Crippen LogP contribution is -2.50. The van der Waals surface area contributed by atoms with Crippen molar-refractivity contribution in [1.29, 1.82) is 0 Å². The highest BCUT2D eigenvalue weighted by Crippen LogP contribution is 2.22. The summed E-state index contributed by atoms with van der Waals surface area (Å²) in [7, 11) is 0. The summed E-state index contributed by atoms with van der Waals surface area (Å²) in [6.07, 6.45) is 0.402. The molecule has 2 atom stereocenters. The first kappa shape index (κ1) is 15.9. The van der Waals surface area contributed by atoms with E-state index in [1.807, 2.05) is 17.9 Å². The van der Waals surface area contributed by atoms with Crippen molar-refractivity contribution in [3.8, 4) is 0 Å². The van der Waals surface area contributed by atoms with Crippen LogP contribution in [-0.2, 0) is 4.79 Å². The van der Waals surface area contributed by atoms with Crippen molar-refractivity contribution < 1.29 is 9.18 Å². The number of amides is 1. The van der Waals surface area contributed by atoms with E-state index < -0.39 is 0 Å². The van der Waals surface area contributed by atoms with Crippen molar-refractivity contribution in [3.63, 3.8) is 0 Å². The first-order valence-electron chi connectivity index (χ1n) is 7.50. The summed E-state index contributed by atoms with van der Waals surface area (Å²) in [5.41, 5.74) is 6.65. The number of benzene rings is 1. The molecule has 2 unspecified atom stereocenters. The van der Waals surface area contributed by atoms with Crippen molar-refractivity contribution in [2.24, 2.45) is 5.73 Å². The minimum Gasteiger partial charge on any atom is -0.340 e. The zero-order valence-corrected chi connectivity index (χ0v) is 12.8. The van der Waals surface area contributed by atoms with Gasteiger partial charge in [-0.3, -0.25) is 9.69 Å². The highest BCUT2D eigenvalue weighted by atomic mass is 19.1. The minimum atomic E-state index is -0.204. The molecule has 21 heavy (non-hydrogen) atoms. The maximum atomic E-state index is 13.3. The molecule has 1 heterocycles. The Labute approximate surface area is 125 Å². The Morgan fingerprint density at radius 3 is 2.52 bits per heavy atom. The first-order valence-corrected chi connectivity index (χ1v) is 7.50. The van der Waals surface area contributed by atoms with Crippen LogP contribution in [0, 0.1) is 5.82 Å². The van der Waals surface area contributed by atoms with E-state index in [2.05, 4.69) is 11.8 Å². The third-order valence-electron chi connectivity index (χ3n) is 4.04. The quantitative estimate of drug-likeness (QED) is 0.920. The van der Waals surface area contributed by atoms with E-state index >= 15 is 0 Å². The number of carbonyl (C=O) groups is 1. The Morgan fingerprint density at radius 1 is 1.29 bits per heavy atom. The third-order valence-corrected chi connectivity index (χ3v) is 4.04. The second kappa shape index (κ2) is 7.00. The van der Waals surface area contributed by atoms with Gasteiger partial charge >= 0.3 is 0 Å². The Bertz CT molecular complexity index is 484. The molecule has 0 aliphatic carbocycles. The first-order chi connectivity index (χ1) is 9.97. The standard InChI is InChI=1S/C16H24FN3O/c1-12(18)10-16(21)20-8-6-19(7-9-20)13(2)14-4-3-5-15(17)11-14/h3-5,11-13H,6-10,18H2,1-2H3. The maximum absolute atomic E-state index is 13.3. The molecule has 0 bridgehead atoms. The molecular weight excluding hydrogens is 269 g/mol. The van der Waals surface area contributed by atoms with E-state index in [0.29, 0.717) is 19.5 Å². The summed E-state index contributed by atoms with van der Waals surface area (Å²) >= 11 is 0. The zero-order chi connectivity index (χ0) is 15.4. The van der Waals surface area contributed by atoms with Crippen LogP contribution in [0.3, 0.4) is 0 Å². The number of rotatable bonds is 4. The van der Waals surface area contributed by atoms with Crippen LogP contribution in [0.5, 0.6) is 0 Å². The largest absolute Gasteiger partial charge is 0.340 e. The van der Waals surface area contributed by atoms with Gasteiger partial charge in [0.05, 0.1) is 0 Å². The molecule has 4 nitrogen and oxygen atoms in total. The van der Waals surface area contributed by atoms with E-state index in [1.54, 1.807) is 12.1 Å². The molecule has 1 aromatic carbocycles. The van der Waals surface area contributed by atoms with Gasteiger partial charge in [0.1, 0.15) is 5.82 Å². The van der Waals surface area contributed by atoms with Gasteiger partial charge in [-0.25, -0.2) is 4.39 Å². The molecule has 2 rings (SSSR count). The molecule has 1 saturated heterocycles. The van der Waals surface area contributed by atoms with Gasteiger partial charge in [0.25, 0.3) is 0 Å². The minimum absolute atomic E-state index is 0.0956. The fourth-order valence-electron chi connectivity index (χ4n) is 2.74. The SMILES string of the molecule is CC(N)CC(=O)N1CCN(C(C)c2cccc(F)c2)CC1. The zero-order valence-electron chi connectivity index (χ0n) is 12.8. The van der Waals surface area contributed by atoms with E-state index in [4.69, 9.17) is 5.73 Å². The molecule has 116 valence electrons. The van der Waals surface area contributed by atoms with Crippen LogP contribution in [0.2, 0.25) is 0 Å². The number of hydrogen-bond acceptors (Lipinski definition) is 3. The molecule has 1 aromatic rings. The molecule has 0 aromatic heterocycles. The molecule has 1 fully saturated rings. The van der Waals surface area contributed by atoms with E-state index in [1.165, 1.54) is 6.07 Å². The summed E-state index contributed by atoms with van der Waals surface area (Å²) in [5, 5.41) is 0. The molecular formula is C16H24FN3O. The normalized spacial score (nSPS) is 19.3. The molecule has 0 radical (unpaired) electrons. The lowest BCUT2D eigenvalue weighted by Gasteiger charge is -2.38. The van der Waals surface area contributed by atoms with Crippen molar-refractivity contribution >= 4 is 5.91 Å². The highest BCUT2D eigenvalue weighted by molar-refractivity contribution is 5.76. The van der Waals surface area contributed by atoms with Crippen LogP contribution >= 0.6 is 0 Å². The molecule has 1 amide bonds. The maximum Gasteiger partial charge on any atom is 0.224 e. The van der Waals surface area contributed by atoms with E-state index in [0.717, 1.165) is 18.7 Å². The van der Waals surface area contributed by atoms with Gasteiger partial charge in [0.2, 0.25) is 5.91 Å². The lowest BCUT2D eigenvalue weighted by atomic mass is 10.1. The van der Waals surface area contributed by atoms with Crippen LogP contribution < -0.4 is 5.73 Å². The van der Waals surface area contributed by atoms with Crippen LogP contribution in [0.1, 0.15) is 31.9 Å². The van der Waals surface area contributed by atoms with Crippen LogP contribution in [0.4, 0.5) is 4.39 Å². The van der Waals surface area contributed by atoms with Gasteiger partial charge in [0, 0.05) is 44.7 Å². The Balaban J connectivity index is 1.90. The van der Waals surface area contributed by atoms with Crippen molar-refractivity contribution in [2.45, 2.75) is 32.4 Å². The predicted octanol–water partition coefficient (Wildman–Crippen LogP) is 1.77.